The quantitative estimate of drug-likeness (QED) is 0.708. The number of ether oxygens (including phenoxy) is 1. The topological polar surface area (TPSA) is 94.2 Å². The summed E-state index contributed by atoms with van der Waals surface area (Å²) in [5.74, 6) is 1.08. The third-order valence-electron chi connectivity index (χ3n) is 4.99. The van der Waals surface area contributed by atoms with Gasteiger partial charge >= 0.3 is 0 Å². The molecule has 1 amide bonds. The van der Waals surface area contributed by atoms with Crippen LogP contribution in [0.25, 0.3) is 11.0 Å². The molecule has 1 aromatic carbocycles. The van der Waals surface area contributed by atoms with Crippen molar-refractivity contribution in [2.45, 2.75) is 25.9 Å². The molecular weight excluding hydrogens is 390 g/mol. The number of pyridine rings is 1. The summed E-state index contributed by atoms with van der Waals surface area (Å²) in [7, 11) is 0. The molecule has 0 bridgehead atoms. The van der Waals surface area contributed by atoms with E-state index in [-0.39, 0.29) is 12.0 Å². The lowest BCUT2D eigenvalue weighted by Gasteiger charge is -2.32. The molecule has 1 unspecified atom stereocenters. The van der Waals surface area contributed by atoms with E-state index in [4.69, 9.17) is 22.1 Å². The zero-order valence-corrected chi connectivity index (χ0v) is 16.9. The van der Waals surface area contributed by atoms with Gasteiger partial charge in [0.1, 0.15) is 17.7 Å². The summed E-state index contributed by atoms with van der Waals surface area (Å²) in [4.78, 5) is 27.7. The Morgan fingerprint density at radius 1 is 1.28 bits per heavy atom. The molecule has 0 saturated carbocycles. The number of halogens is 1. The van der Waals surface area contributed by atoms with Gasteiger partial charge in [-0.25, -0.2) is 15.0 Å². The van der Waals surface area contributed by atoms with E-state index in [0.29, 0.717) is 60.2 Å². The second-order valence-corrected chi connectivity index (χ2v) is 7.53. The van der Waals surface area contributed by atoms with Gasteiger partial charge in [-0.15, -0.1) is 0 Å². The SMILES string of the molecule is Cc1nc(N)c2ccc(C3CN(C(=O)CCc4cccc(Cl)c4)CCO3)nc2n1. The average molecular weight is 412 g/mol. The molecule has 2 N–H and O–H groups in total. The number of aromatic nitrogens is 3. The molecule has 3 heterocycles. The molecule has 0 spiro atoms. The van der Waals surface area contributed by atoms with Crippen molar-refractivity contribution in [1.82, 2.24) is 19.9 Å². The van der Waals surface area contributed by atoms with Crippen LogP contribution in [0.5, 0.6) is 0 Å². The first-order chi connectivity index (χ1) is 14.0. The smallest absolute Gasteiger partial charge is 0.223 e. The molecule has 1 aliphatic heterocycles. The second-order valence-electron chi connectivity index (χ2n) is 7.09. The molecule has 3 aromatic rings. The second kappa shape index (κ2) is 8.31. The number of morpholine rings is 1. The summed E-state index contributed by atoms with van der Waals surface area (Å²) in [6.07, 6.45) is 0.798. The molecular formula is C21H22ClN5O2. The van der Waals surface area contributed by atoms with Crippen molar-refractivity contribution in [2.75, 3.05) is 25.4 Å². The van der Waals surface area contributed by atoms with Crippen LogP contribution in [-0.4, -0.2) is 45.5 Å². The zero-order chi connectivity index (χ0) is 20.4. The molecule has 0 radical (unpaired) electrons. The third-order valence-corrected chi connectivity index (χ3v) is 5.22. The van der Waals surface area contributed by atoms with Crippen LogP contribution in [0.15, 0.2) is 36.4 Å². The number of hydrogen-bond acceptors (Lipinski definition) is 6. The Morgan fingerprint density at radius 3 is 2.97 bits per heavy atom. The van der Waals surface area contributed by atoms with E-state index in [2.05, 4.69) is 15.0 Å². The lowest BCUT2D eigenvalue weighted by atomic mass is 10.1. The Balaban J connectivity index is 1.45. The maximum Gasteiger partial charge on any atom is 0.223 e. The van der Waals surface area contributed by atoms with Crippen LogP contribution in [0.4, 0.5) is 5.82 Å². The third kappa shape index (κ3) is 4.46. The van der Waals surface area contributed by atoms with Gasteiger partial charge in [0.05, 0.1) is 24.2 Å². The summed E-state index contributed by atoms with van der Waals surface area (Å²) in [5.41, 5.74) is 8.29. The molecule has 150 valence electrons. The fraction of sp³-hybridized carbons (Fsp3) is 0.333. The number of amides is 1. The molecule has 1 fully saturated rings. The summed E-state index contributed by atoms with van der Waals surface area (Å²) in [6.45, 7) is 3.29. The first-order valence-corrected chi connectivity index (χ1v) is 9.92. The fourth-order valence-electron chi connectivity index (χ4n) is 3.50. The highest BCUT2D eigenvalue weighted by molar-refractivity contribution is 6.30. The van der Waals surface area contributed by atoms with Gasteiger partial charge in [0.15, 0.2) is 5.65 Å². The van der Waals surface area contributed by atoms with Gasteiger partial charge < -0.3 is 15.4 Å². The Morgan fingerprint density at radius 2 is 2.14 bits per heavy atom. The number of anilines is 1. The summed E-state index contributed by atoms with van der Waals surface area (Å²) >= 11 is 6.02. The zero-order valence-electron chi connectivity index (χ0n) is 16.1. The van der Waals surface area contributed by atoms with E-state index in [1.165, 1.54) is 0 Å². The Bertz CT molecular complexity index is 1060. The number of nitrogens with two attached hydrogens (primary N) is 1. The Hall–Kier alpha value is -2.77. The van der Waals surface area contributed by atoms with Crippen LogP contribution in [0, 0.1) is 6.92 Å². The lowest BCUT2D eigenvalue weighted by Crippen LogP contribution is -2.42. The first-order valence-electron chi connectivity index (χ1n) is 9.54. The van der Waals surface area contributed by atoms with Crippen LogP contribution < -0.4 is 5.73 Å². The number of carbonyl (C=O) groups excluding carboxylic acids is 1. The molecule has 29 heavy (non-hydrogen) atoms. The van der Waals surface area contributed by atoms with Gasteiger partial charge in [0, 0.05) is 18.0 Å². The van der Waals surface area contributed by atoms with Gasteiger partial charge in [-0.05, 0) is 43.2 Å². The van der Waals surface area contributed by atoms with E-state index in [1.807, 2.05) is 41.3 Å². The molecule has 7 nitrogen and oxygen atoms in total. The highest BCUT2D eigenvalue weighted by atomic mass is 35.5. The van der Waals surface area contributed by atoms with Crippen molar-refractivity contribution < 1.29 is 9.53 Å². The summed E-state index contributed by atoms with van der Waals surface area (Å²) < 4.78 is 5.88. The van der Waals surface area contributed by atoms with Crippen LogP contribution in [0.1, 0.15) is 29.6 Å². The van der Waals surface area contributed by atoms with Gasteiger partial charge in [-0.1, -0.05) is 23.7 Å². The minimum Gasteiger partial charge on any atom is -0.383 e. The molecule has 0 aliphatic carbocycles. The predicted molar refractivity (Wildman–Crippen MR) is 112 cm³/mol. The van der Waals surface area contributed by atoms with Crippen molar-refractivity contribution in [1.29, 1.82) is 0 Å². The minimum atomic E-state index is -0.292. The van der Waals surface area contributed by atoms with Crippen molar-refractivity contribution in [3.05, 3.63) is 58.5 Å². The highest BCUT2D eigenvalue weighted by Crippen LogP contribution is 2.25. The average Bonchev–Trinajstić information content (AvgIpc) is 2.71. The van der Waals surface area contributed by atoms with Crippen molar-refractivity contribution in [2.24, 2.45) is 0 Å². The lowest BCUT2D eigenvalue weighted by molar-refractivity contribution is -0.139. The largest absolute Gasteiger partial charge is 0.383 e. The van der Waals surface area contributed by atoms with Crippen molar-refractivity contribution >= 4 is 34.4 Å². The number of rotatable bonds is 4. The fourth-order valence-corrected chi connectivity index (χ4v) is 3.71. The molecule has 1 saturated heterocycles. The minimum absolute atomic E-state index is 0.0986. The normalized spacial score (nSPS) is 16.9. The summed E-state index contributed by atoms with van der Waals surface area (Å²) in [6, 6.07) is 11.3. The number of fused-ring (bicyclic) bond motifs is 1. The Labute approximate surface area is 173 Å². The van der Waals surface area contributed by atoms with Crippen LogP contribution >= 0.6 is 11.6 Å². The van der Waals surface area contributed by atoms with Crippen molar-refractivity contribution in [3.8, 4) is 0 Å². The standard InChI is InChI=1S/C21H22ClN5O2/c1-13-24-20(23)16-6-7-17(26-21(16)25-13)18-12-27(9-10-29-18)19(28)8-5-14-3-2-4-15(22)11-14/h2-4,6-7,11,18H,5,8-10,12H2,1H3,(H2,23,24,25,26). The monoisotopic (exact) mass is 411 g/mol. The molecule has 4 rings (SSSR count). The van der Waals surface area contributed by atoms with Gasteiger partial charge in [-0.3, -0.25) is 4.79 Å². The predicted octanol–water partition coefficient (Wildman–Crippen LogP) is 3.10. The van der Waals surface area contributed by atoms with E-state index in [1.54, 1.807) is 6.92 Å². The Kier molecular flexibility index (Phi) is 5.60. The van der Waals surface area contributed by atoms with Crippen LogP contribution in [-0.2, 0) is 16.0 Å². The number of carbonyl (C=O) groups is 1. The number of nitrogens with zero attached hydrogens (tertiary/aromatic N) is 4. The van der Waals surface area contributed by atoms with E-state index < -0.39 is 0 Å². The number of nitrogen functional groups attached to an aromatic ring is 1. The first kappa shape index (κ1) is 19.5. The van der Waals surface area contributed by atoms with E-state index in [0.717, 1.165) is 11.3 Å². The highest BCUT2D eigenvalue weighted by Gasteiger charge is 2.26. The molecule has 1 atom stereocenters. The van der Waals surface area contributed by atoms with Gasteiger partial charge in [-0.2, -0.15) is 0 Å². The van der Waals surface area contributed by atoms with E-state index in [9.17, 15) is 4.79 Å². The number of hydrogen-bond donors (Lipinski definition) is 1. The van der Waals surface area contributed by atoms with Crippen LogP contribution in [0.3, 0.4) is 0 Å². The maximum atomic E-state index is 12.7. The number of benzene rings is 1. The molecule has 2 aromatic heterocycles. The maximum absolute atomic E-state index is 12.7. The van der Waals surface area contributed by atoms with E-state index >= 15 is 0 Å². The summed E-state index contributed by atoms with van der Waals surface area (Å²) in [5, 5.41) is 1.40. The van der Waals surface area contributed by atoms with Crippen LogP contribution in [0.2, 0.25) is 5.02 Å². The van der Waals surface area contributed by atoms with Crippen molar-refractivity contribution in [3.63, 3.8) is 0 Å². The number of aryl methyl sites for hydroxylation is 2. The molecule has 8 heteroatoms. The van der Waals surface area contributed by atoms with Gasteiger partial charge in [0.2, 0.25) is 5.91 Å². The molecule has 1 aliphatic rings. The van der Waals surface area contributed by atoms with Gasteiger partial charge in [0.25, 0.3) is 0 Å².